The summed E-state index contributed by atoms with van der Waals surface area (Å²) in [5.41, 5.74) is 1.45. The molecule has 0 bridgehead atoms. The van der Waals surface area contributed by atoms with Gasteiger partial charge in [0.2, 0.25) is 17.5 Å². The van der Waals surface area contributed by atoms with Gasteiger partial charge in [0.25, 0.3) is 5.91 Å². The number of nitrogens with zero attached hydrogens (tertiary/aromatic N) is 4. The van der Waals surface area contributed by atoms with Crippen molar-refractivity contribution in [3.8, 4) is 28.7 Å². The molecule has 36 heavy (non-hydrogen) atoms. The first-order valence-corrected chi connectivity index (χ1v) is 12.6. The van der Waals surface area contributed by atoms with Gasteiger partial charge in [-0.2, -0.15) is 0 Å². The highest BCUT2D eigenvalue weighted by Crippen LogP contribution is 2.39. The molecule has 0 unspecified atom stereocenters. The molecule has 1 aromatic heterocycles. The molecule has 0 radical (unpaired) electrons. The van der Waals surface area contributed by atoms with E-state index in [2.05, 4.69) is 15.1 Å². The quantitative estimate of drug-likeness (QED) is 0.396. The number of carbonyl (C=O) groups is 1. The lowest BCUT2D eigenvalue weighted by Crippen LogP contribution is -2.49. The summed E-state index contributed by atoms with van der Waals surface area (Å²) in [5.74, 6) is 2.72. The number of amides is 1. The fourth-order valence-corrected chi connectivity index (χ4v) is 4.18. The Morgan fingerprint density at radius 3 is 2.14 bits per heavy atom. The molecule has 192 valence electrons. The lowest BCUT2D eigenvalue weighted by molar-refractivity contribution is 0.0635. The second-order valence-corrected chi connectivity index (χ2v) is 8.35. The third-order valence-electron chi connectivity index (χ3n) is 5.95. The van der Waals surface area contributed by atoms with Gasteiger partial charge < -0.3 is 23.5 Å². The van der Waals surface area contributed by atoms with Crippen LogP contribution in [0.3, 0.4) is 0 Å². The minimum Gasteiger partial charge on any atom is -0.490 e. The maximum Gasteiger partial charge on any atom is 0.254 e. The molecule has 3 aromatic rings. The van der Waals surface area contributed by atoms with Crippen molar-refractivity contribution in [3.05, 3.63) is 53.9 Å². The number of hydrogen-bond donors (Lipinski definition) is 0. The molecule has 2 aromatic carbocycles. The third-order valence-corrected chi connectivity index (χ3v) is 5.95. The molecule has 9 nitrogen and oxygen atoms in total. The van der Waals surface area contributed by atoms with E-state index in [1.165, 1.54) is 0 Å². The van der Waals surface area contributed by atoms with Gasteiger partial charge in [0.1, 0.15) is 0 Å². The molecule has 9 heteroatoms. The van der Waals surface area contributed by atoms with Crippen LogP contribution in [-0.4, -0.2) is 78.4 Å². The number of ether oxygens (including phenoxy) is 3. The molecule has 4 rings (SSSR count). The molecule has 1 aliphatic heterocycles. The van der Waals surface area contributed by atoms with Gasteiger partial charge in [0, 0.05) is 50.3 Å². The highest BCUT2D eigenvalue weighted by atomic mass is 16.5. The van der Waals surface area contributed by atoms with Crippen LogP contribution >= 0.6 is 0 Å². The molecular weight excluding hydrogens is 460 g/mol. The van der Waals surface area contributed by atoms with Gasteiger partial charge in [-0.05, 0) is 45.0 Å². The Balaban J connectivity index is 1.35. The number of benzene rings is 2. The molecule has 0 atom stereocenters. The van der Waals surface area contributed by atoms with Crippen molar-refractivity contribution >= 4 is 5.91 Å². The zero-order valence-electron chi connectivity index (χ0n) is 21.2. The summed E-state index contributed by atoms with van der Waals surface area (Å²) >= 11 is 0. The van der Waals surface area contributed by atoms with Crippen molar-refractivity contribution in [2.75, 3.05) is 52.5 Å². The van der Waals surface area contributed by atoms with Crippen molar-refractivity contribution in [3.63, 3.8) is 0 Å². The van der Waals surface area contributed by atoms with Gasteiger partial charge in [-0.1, -0.05) is 18.2 Å². The monoisotopic (exact) mass is 494 g/mol. The lowest BCUT2D eigenvalue weighted by Gasteiger charge is -2.34. The normalized spacial score (nSPS) is 14.0. The Morgan fingerprint density at radius 2 is 1.53 bits per heavy atom. The van der Waals surface area contributed by atoms with Gasteiger partial charge in [0.15, 0.2) is 11.5 Å². The van der Waals surface area contributed by atoms with Gasteiger partial charge in [0.05, 0.1) is 19.8 Å². The van der Waals surface area contributed by atoms with E-state index < -0.39 is 0 Å². The lowest BCUT2D eigenvalue weighted by atomic mass is 10.1. The van der Waals surface area contributed by atoms with Crippen LogP contribution in [0.15, 0.2) is 46.9 Å². The van der Waals surface area contributed by atoms with Crippen molar-refractivity contribution in [1.82, 2.24) is 20.0 Å². The van der Waals surface area contributed by atoms with Crippen LogP contribution in [0.4, 0.5) is 0 Å². The molecule has 0 aliphatic carbocycles. The molecule has 1 fully saturated rings. The van der Waals surface area contributed by atoms with Crippen molar-refractivity contribution in [1.29, 1.82) is 0 Å². The van der Waals surface area contributed by atoms with E-state index in [1.54, 1.807) is 12.1 Å². The van der Waals surface area contributed by atoms with Crippen LogP contribution in [0, 0.1) is 0 Å². The van der Waals surface area contributed by atoms with Crippen molar-refractivity contribution in [2.45, 2.75) is 27.2 Å². The molecule has 1 aliphatic rings. The van der Waals surface area contributed by atoms with E-state index in [4.69, 9.17) is 18.6 Å². The summed E-state index contributed by atoms with van der Waals surface area (Å²) in [5, 5.41) is 8.34. The summed E-state index contributed by atoms with van der Waals surface area (Å²) in [6, 6.07) is 13.3. The Labute approximate surface area is 212 Å². The molecule has 0 spiro atoms. The zero-order valence-corrected chi connectivity index (χ0v) is 21.2. The third kappa shape index (κ3) is 6.15. The van der Waals surface area contributed by atoms with Gasteiger partial charge in [-0.25, -0.2) is 0 Å². The number of hydrogen-bond acceptors (Lipinski definition) is 8. The first-order valence-electron chi connectivity index (χ1n) is 12.6. The Morgan fingerprint density at radius 1 is 0.889 bits per heavy atom. The molecule has 0 N–H and O–H groups in total. The number of carbonyl (C=O) groups excluding carboxylic acids is 1. The van der Waals surface area contributed by atoms with Crippen LogP contribution < -0.4 is 14.2 Å². The predicted octanol–water partition coefficient (Wildman–Crippen LogP) is 3.93. The maximum atomic E-state index is 13.3. The Bertz CT molecular complexity index is 1100. The van der Waals surface area contributed by atoms with Crippen molar-refractivity contribution < 1.29 is 23.4 Å². The maximum absolute atomic E-state index is 13.3. The van der Waals surface area contributed by atoms with E-state index in [1.807, 2.05) is 56.0 Å². The predicted molar refractivity (Wildman–Crippen MR) is 136 cm³/mol. The van der Waals surface area contributed by atoms with E-state index in [-0.39, 0.29) is 5.91 Å². The summed E-state index contributed by atoms with van der Waals surface area (Å²) in [6.07, 6.45) is 0.669. The SMILES string of the molecule is CCOc1cc(C(=O)N2CCN(CCc3nnc(-c4ccccc4)o3)CC2)cc(OCC)c1OCC. The summed E-state index contributed by atoms with van der Waals surface area (Å²) in [6.45, 7) is 10.8. The minimum atomic E-state index is -0.0380. The first kappa shape index (κ1) is 25.5. The number of rotatable bonds is 11. The highest BCUT2D eigenvalue weighted by molar-refractivity contribution is 5.95. The second-order valence-electron chi connectivity index (χ2n) is 8.35. The molecular formula is C27H34N4O5. The smallest absolute Gasteiger partial charge is 0.254 e. The standard InChI is InChI=1S/C27H34N4O5/c1-4-33-22-18-21(19-23(34-5-2)25(22)35-6-3)27(32)31-16-14-30(15-17-31)13-12-24-28-29-26(36-24)20-10-8-7-9-11-20/h7-11,18-19H,4-6,12-17H2,1-3H3. The van der Waals surface area contributed by atoms with Gasteiger partial charge >= 0.3 is 0 Å². The van der Waals surface area contributed by atoms with E-state index in [0.29, 0.717) is 73.9 Å². The summed E-state index contributed by atoms with van der Waals surface area (Å²) in [4.78, 5) is 17.5. The highest BCUT2D eigenvalue weighted by Gasteiger charge is 2.25. The van der Waals surface area contributed by atoms with Crippen LogP contribution in [-0.2, 0) is 6.42 Å². The van der Waals surface area contributed by atoms with E-state index >= 15 is 0 Å². The van der Waals surface area contributed by atoms with Crippen molar-refractivity contribution in [2.24, 2.45) is 0 Å². The molecule has 1 amide bonds. The molecule has 0 saturated carbocycles. The van der Waals surface area contributed by atoms with E-state index in [0.717, 1.165) is 25.2 Å². The first-order chi connectivity index (χ1) is 17.6. The van der Waals surface area contributed by atoms with Gasteiger partial charge in [-0.3, -0.25) is 9.69 Å². The number of aromatic nitrogens is 2. The van der Waals surface area contributed by atoms with Crippen LogP contribution in [0.25, 0.3) is 11.5 Å². The average molecular weight is 495 g/mol. The fraction of sp³-hybridized carbons (Fsp3) is 0.444. The van der Waals surface area contributed by atoms with E-state index in [9.17, 15) is 4.79 Å². The van der Waals surface area contributed by atoms with Crippen LogP contribution in [0.2, 0.25) is 0 Å². The van der Waals surface area contributed by atoms with Crippen LogP contribution in [0.1, 0.15) is 37.0 Å². The van der Waals surface area contributed by atoms with Gasteiger partial charge in [-0.15, -0.1) is 10.2 Å². The topological polar surface area (TPSA) is 90.2 Å². The largest absolute Gasteiger partial charge is 0.490 e. The van der Waals surface area contributed by atoms with Crippen LogP contribution in [0.5, 0.6) is 17.2 Å². The summed E-state index contributed by atoms with van der Waals surface area (Å²) in [7, 11) is 0. The summed E-state index contributed by atoms with van der Waals surface area (Å²) < 4.78 is 23.1. The fourth-order valence-electron chi connectivity index (χ4n) is 4.18. The molecule has 1 saturated heterocycles. The second kappa shape index (κ2) is 12.4. The Hall–Kier alpha value is -3.59. The number of piperazine rings is 1. The average Bonchev–Trinajstić information content (AvgIpc) is 3.39. The Kier molecular flexibility index (Phi) is 8.78. The zero-order chi connectivity index (χ0) is 25.3. The minimum absolute atomic E-state index is 0.0380. The molecule has 2 heterocycles.